The summed E-state index contributed by atoms with van der Waals surface area (Å²) in [5.41, 5.74) is 1.05. The summed E-state index contributed by atoms with van der Waals surface area (Å²) in [6.07, 6.45) is 0. The number of benzene rings is 2. The lowest BCUT2D eigenvalue weighted by Gasteiger charge is -2.16. The fourth-order valence-corrected chi connectivity index (χ4v) is 2.37. The van der Waals surface area contributed by atoms with Crippen molar-refractivity contribution in [1.82, 2.24) is 5.32 Å². The van der Waals surface area contributed by atoms with Gasteiger partial charge in [0.25, 0.3) is 5.91 Å². The van der Waals surface area contributed by atoms with E-state index in [9.17, 15) is 9.90 Å². The Labute approximate surface area is 127 Å². The van der Waals surface area contributed by atoms with E-state index in [0.29, 0.717) is 5.02 Å². The third kappa shape index (κ3) is 3.24. The van der Waals surface area contributed by atoms with Crippen LogP contribution in [0.15, 0.2) is 42.5 Å². The second-order valence-electron chi connectivity index (χ2n) is 4.38. The summed E-state index contributed by atoms with van der Waals surface area (Å²) in [5.74, 6) is -0.372. The summed E-state index contributed by atoms with van der Waals surface area (Å²) in [6, 6.07) is 11.3. The van der Waals surface area contributed by atoms with Crippen molar-refractivity contribution in [2.24, 2.45) is 0 Å². The average molecular weight is 310 g/mol. The zero-order valence-electron chi connectivity index (χ0n) is 10.7. The van der Waals surface area contributed by atoms with Crippen molar-refractivity contribution in [2.45, 2.75) is 13.0 Å². The molecule has 2 aromatic rings. The topological polar surface area (TPSA) is 49.3 Å². The second kappa shape index (κ2) is 6.16. The molecule has 20 heavy (non-hydrogen) atoms. The van der Waals surface area contributed by atoms with Crippen molar-refractivity contribution in [3.05, 3.63) is 63.6 Å². The van der Waals surface area contributed by atoms with Crippen LogP contribution in [0.1, 0.15) is 28.9 Å². The van der Waals surface area contributed by atoms with Crippen LogP contribution in [0, 0.1) is 0 Å². The van der Waals surface area contributed by atoms with Crippen LogP contribution in [0.3, 0.4) is 0 Å². The number of halogens is 2. The van der Waals surface area contributed by atoms with Crippen molar-refractivity contribution >= 4 is 29.1 Å². The van der Waals surface area contributed by atoms with Crippen LogP contribution < -0.4 is 5.32 Å². The van der Waals surface area contributed by atoms with Crippen molar-refractivity contribution in [2.75, 3.05) is 0 Å². The molecule has 2 N–H and O–H groups in total. The monoisotopic (exact) mass is 309 g/mol. The lowest BCUT2D eigenvalue weighted by Crippen LogP contribution is -2.27. The minimum Gasteiger partial charge on any atom is -0.508 e. The molecule has 0 aliphatic heterocycles. The molecular weight excluding hydrogens is 297 g/mol. The number of nitrogens with one attached hydrogen (secondary N) is 1. The van der Waals surface area contributed by atoms with E-state index in [1.807, 2.05) is 25.1 Å². The molecule has 1 atom stereocenters. The van der Waals surface area contributed by atoms with Crippen molar-refractivity contribution in [3.63, 3.8) is 0 Å². The van der Waals surface area contributed by atoms with Crippen LogP contribution in [0.4, 0.5) is 0 Å². The van der Waals surface area contributed by atoms with Gasteiger partial charge < -0.3 is 10.4 Å². The molecule has 3 nitrogen and oxygen atoms in total. The number of phenolic OH excluding ortho intramolecular Hbond substituents is 1. The molecule has 0 bridgehead atoms. The van der Waals surface area contributed by atoms with Gasteiger partial charge in [-0.15, -0.1) is 0 Å². The van der Waals surface area contributed by atoms with Gasteiger partial charge in [-0.05, 0) is 36.8 Å². The smallest absolute Gasteiger partial charge is 0.253 e. The van der Waals surface area contributed by atoms with Gasteiger partial charge in [-0.3, -0.25) is 4.79 Å². The molecule has 0 spiro atoms. The van der Waals surface area contributed by atoms with Gasteiger partial charge in [0.1, 0.15) is 5.75 Å². The maximum atomic E-state index is 12.2. The van der Waals surface area contributed by atoms with Crippen molar-refractivity contribution < 1.29 is 9.90 Å². The standard InChI is InChI=1S/C15H13Cl2NO2/c1-9(11-4-2-3-5-13(11)16)18-15(20)12-8-10(19)6-7-14(12)17/h2-9,19H,1H3,(H,18,20). The maximum Gasteiger partial charge on any atom is 0.253 e. The molecule has 2 aromatic carbocycles. The number of hydrogen-bond acceptors (Lipinski definition) is 2. The normalized spacial score (nSPS) is 11.9. The molecule has 0 heterocycles. The third-order valence-electron chi connectivity index (χ3n) is 2.91. The highest BCUT2D eigenvalue weighted by atomic mass is 35.5. The van der Waals surface area contributed by atoms with Gasteiger partial charge in [-0.2, -0.15) is 0 Å². The lowest BCUT2D eigenvalue weighted by atomic mass is 10.1. The number of carbonyl (C=O) groups is 1. The third-order valence-corrected chi connectivity index (χ3v) is 3.59. The lowest BCUT2D eigenvalue weighted by molar-refractivity contribution is 0.0939. The molecular formula is C15H13Cl2NO2. The SMILES string of the molecule is CC(NC(=O)c1cc(O)ccc1Cl)c1ccccc1Cl. The van der Waals surface area contributed by atoms with E-state index in [-0.39, 0.29) is 28.3 Å². The van der Waals surface area contributed by atoms with Gasteiger partial charge in [0.05, 0.1) is 16.6 Å². The molecule has 2 rings (SSSR count). The van der Waals surface area contributed by atoms with Crippen LogP contribution >= 0.6 is 23.2 Å². The molecule has 1 unspecified atom stereocenters. The molecule has 1 amide bonds. The van der Waals surface area contributed by atoms with Gasteiger partial charge in [0.15, 0.2) is 0 Å². The quantitative estimate of drug-likeness (QED) is 0.893. The first-order valence-electron chi connectivity index (χ1n) is 6.03. The maximum absolute atomic E-state index is 12.2. The Morgan fingerprint density at radius 3 is 2.55 bits per heavy atom. The fourth-order valence-electron chi connectivity index (χ4n) is 1.87. The minimum absolute atomic E-state index is 0.00931. The Morgan fingerprint density at radius 1 is 1.15 bits per heavy atom. The van der Waals surface area contributed by atoms with Crippen LogP contribution in [-0.2, 0) is 0 Å². The Morgan fingerprint density at radius 2 is 1.85 bits per heavy atom. The largest absolute Gasteiger partial charge is 0.508 e. The molecule has 104 valence electrons. The Bertz CT molecular complexity index is 644. The highest BCUT2D eigenvalue weighted by molar-refractivity contribution is 6.34. The Balaban J connectivity index is 2.20. The summed E-state index contributed by atoms with van der Waals surface area (Å²) >= 11 is 12.0. The van der Waals surface area contributed by atoms with Gasteiger partial charge >= 0.3 is 0 Å². The highest BCUT2D eigenvalue weighted by Crippen LogP contribution is 2.25. The number of rotatable bonds is 3. The molecule has 0 saturated carbocycles. The van der Waals surface area contributed by atoms with Crippen LogP contribution in [0.25, 0.3) is 0 Å². The second-order valence-corrected chi connectivity index (χ2v) is 5.20. The van der Waals surface area contributed by atoms with Crippen LogP contribution in [0.2, 0.25) is 10.0 Å². The summed E-state index contributed by atoms with van der Waals surface area (Å²) in [4.78, 5) is 12.2. The van der Waals surface area contributed by atoms with Crippen LogP contribution in [-0.4, -0.2) is 11.0 Å². The summed E-state index contributed by atoms with van der Waals surface area (Å²) in [6.45, 7) is 1.83. The van der Waals surface area contributed by atoms with Gasteiger partial charge in [-0.25, -0.2) is 0 Å². The van der Waals surface area contributed by atoms with Crippen molar-refractivity contribution in [3.8, 4) is 5.75 Å². The highest BCUT2D eigenvalue weighted by Gasteiger charge is 2.16. The number of carbonyl (C=O) groups excluding carboxylic acids is 1. The number of hydrogen-bond donors (Lipinski definition) is 2. The van der Waals surface area contributed by atoms with E-state index >= 15 is 0 Å². The summed E-state index contributed by atoms with van der Waals surface area (Å²) in [5, 5.41) is 13.1. The predicted molar refractivity (Wildman–Crippen MR) is 80.5 cm³/mol. The predicted octanol–water partition coefficient (Wildman–Crippen LogP) is 4.19. The zero-order valence-corrected chi connectivity index (χ0v) is 12.2. The fraction of sp³-hybridized carbons (Fsp3) is 0.133. The minimum atomic E-state index is -0.363. The van der Waals surface area contributed by atoms with E-state index < -0.39 is 0 Å². The van der Waals surface area contributed by atoms with E-state index in [4.69, 9.17) is 23.2 Å². The van der Waals surface area contributed by atoms with Gasteiger partial charge in [-0.1, -0.05) is 41.4 Å². The number of phenols is 1. The molecule has 0 saturated heterocycles. The molecule has 5 heteroatoms. The number of amides is 1. The van der Waals surface area contributed by atoms with E-state index in [1.165, 1.54) is 18.2 Å². The molecule has 0 radical (unpaired) electrons. The average Bonchev–Trinajstić information content (AvgIpc) is 2.41. The van der Waals surface area contributed by atoms with Crippen LogP contribution in [0.5, 0.6) is 5.75 Å². The summed E-state index contributed by atoms with van der Waals surface area (Å²) < 4.78 is 0. The Kier molecular flexibility index (Phi) is 4.53. The zero-order chi connectivity index (χ0) is 14.7. The molecule has 0 aliphatic carbocycles. The summed E-state index contributed by atoms with van der Waals surface area (Å²) in [7, 11) is 0. The molecule has 0 aromatic heterocycles. The van der Waals surface area contributed by atoms with Gasteiger partial charge in [0.2, 0.25) is 0 Å². The Hall–Kier alpha value is -1.71. The first kappa shape index (κ1) is 14.7. The number of aromatic hydroxyl groups is 1. The van der Waals surface area contributed by atoms with E-state index in [2.05, 4.69) is 5.32 Å². The van der Waals surface area contributed by atoms with Crippen molar-refractivity contribution in [1.29, 1.82) is 0 Å². The van der Waals surface area contributed by atoms with E-state index in [1.54, 1.807) is 6.07 Å². The molecule has 0 fully saturated rings. The van der Waals surface area contributed by atoms with E-state index in [0.717, 1.165) is 5.56 Å². The van der Waals surface area contributed by atoms with Gasteiger partial charge in [0, 0.05) is 5.02 Å². The molecule has 0 aliphatic rings. The first-order chi connectivity index (χ1) is 9.49. The first-order valence-corrected chi connectivity index (χ1v) is 6.78.